The molecule has 156 valence electrons. The number of thiophene rings is 2. The van der Waals surface area contributed by atoms with Crippen LogP contribution in [0.1, 0.15) is 44.9 Å². The molecule has 0 spiro atoms. The fourth-order valence-corrected chi connectivity index (χ4v) is 6.85. The smallest absolute Gasteiger partial charge is 0.266 e. The number of fused-ring (bicyclic) bond motifs is 1. The van der Waals surface area contributed by atoms with E-state index in [2.05, 4.69) is 5.32 Å². The van der Waals surface area contributed by atoms with Gasteiger partial charge in [0.1, 0.15) is 9.32 Å². The molecule has 10 heteroatoms. The summed E-state index contributed by atoms with van der Waals surface area (Å²) in [6.07, 6.45) is 5.72. The third-order valence-electron chi connectivity index (χ3n) is 4.92. The first-order chi connectivity index (χ1) is 14.4. The molecule has 2 aliphatic rings. The summed E-state index contributed by atoms with van der Waals surface area (Å²) in [5, 5.41) is 5.29. The highest BCUT2D eigenvalue weighted by molar-refractivity contribution is 8.26. The highest BCUT2D eigenvalue weighted by Gasteiger charge is 2.32. The van der Waals surface area contributed by atoms with Gasteiger partial charge in [0, 0.05) is 22.7 Å². The summed E-state index contributed by atoms with van der Waals surface area (Å²) in [7, 11) is 0. The van der Waals surface area contributed by atoms with Gasteiger partial charge >= 0.3 is 0 Å². The molecule has 1 aliphatic carbocycles. The normalized spacial score (nSPS) is 17.5. The van der Waals surface area contributed by atoms with Gasteiger partial charge in [-0.1, -0.05) is 30.0 Å². The standard InChI is InChI=1S/C20H19N3O3S4/c21-17(25)16-12-5-1-2-6-13(12)29-18(16)22-15(24)7-8-23-19(26)14(30-20(23)27)10-11-4-3-9-28-11/h3-4,9-10H,1-2,5-8H2,(H2,21,25)(H,22,24). The van der Waals surface area contributed by atoms with Crippen LogP contribution in [0.4, 0.5) is 5.00 Å². The molecule has 3 N–H and O–H groups in total. The van der Waals surface area contributed by atoms with Crippen molar-refractivity contribution in [1.29, 1.82) is 0 Å². The van der Waals surface area contributed by atoms with E-state index in [9.17, 15) is 14.4 Å². The van der Waals surface area contributed by atoms with Crippen molar-refractivity contribution in [3.63, 3.8) is 0 Å². The first-order valence-electron chi connectivity index (χ1n) is 9.47. The van der Waals surface area contributed by atoms with E-state index < -0.39 is 5.91 Å². The van der Waals surface area contributed by atoms with Crippen molar-refractivity contribution in [3.8, 4) is 0 Å². The molecule has 0 atom stereocenters. The summed E-state index contributed by atoms with van der Waals surface area (Å²) in [4.78, 5) is 41.3. The van der Waals surface area contributed by atoms with Crippen molar-refractivity contribution < 1.29 is 14.4 Å². The average molecular weight is 478 g/mol. The number of carbonyl (C=O) groups is 3. The lowest BCUT2D eigenvalue weighted by Gasteiger charge is -2.14. The van der Waals surface area contributed by atoms with Gasteiger partial charge in [-0.25, -0.2) is 0 Å². The Kier molecular flexibility index (Phi) is 6.37. The number of carbonyl (C=O) groups excluding carboxylic acids is 3. The van der Waals surface area contributed by atoms with E-state index in [4.69, 9.17) is 18.0 Å². The fourth-order valence-electron chi connectivity index (χ4n) is 3.51. The van der Waals surface area contributed by atoms with Crippen LogP contribution in [-0.2, 0) is 22.4 Å². The van der Waals surface area contributed by atoms with Crippen molar-refractivity contribution in [3.05, 3.63) is 43.3 Å². The maximum Gasteiger partial charge on any atom is 0.266 e. The van der Waals surface area contributed by atoms with Crippen LogP contribution in [0, 0.1) is 0 Å². The summed E-state index contributed by atoms with van der Waals surface area (Å²) in [5.41, 5.74) is 6.99. The molecule has 0 unspecified atom stereocenters. The second-order valence-electron chi connectivity index (χ2n) is 6.93. The van der Waals surface area contributed by atoms with Gasteiger partial charge in [-0.05, 0) is 48.8 Å². The molecular weight excluding hydrogens is 459 g/mol. The summed E-state index contributed by atoms with van der Waals surface area (Å²) >= 11 is 9.54. The van der Waals surface area contributed by atoms with E-state index in [0.717, 1.165) is 41.0 Å². The molecule has 0 aromatic carbocycles. The zero-order valence-electron chi connectivity index (χ0n) is 15.9. The molecule has 1 fully saturated rings. The molecule has 0 radical (unpaired) electrons. The number of primary amides is 1. The number of thiocarbonyl (C=S) groups is 1. The minimum Gasteiger partial charge on any atom is -0.365 e. The monoisotopic (exact) mass is 477 g/mol. The highest BCUT2D eigenvalue weighted by Crippen LogP contribution is 2.38. The minimum atomic E-state index is -0.514. The second-order valence-corrected chi connectivity index (χ2v) is 10.7. The van der Waals surface area contributed by atoms with Crippen LogP contribution in [0.25, 0.3) is 6.08 Å². The lowest BCUT2D eigenvalue weighted by atomic mass is 9.95. The number of thioether (sulfide) groups is 1. The molecule has 4 rings (SSSR count). The van der Waals surface area contributed by atoms with E-state index in [1.54, 1.807) is 11.3 Å². The Morgan fingerprint density at radius 1 is 1.30 bits per heavy atom. The number of hydrogen-bond acceptors (Lipinski definition) is 7. The van der Waals surface area contributed by atoms with Crippen LogP contribution < -0.4 is 11.1 Å². The summed E-state index contributed by atoms with van der Waals surface area (Å²) < 4.78 is 0.444. The van der Waals surface area contributed by atoms with Gasteiger partial charge in [-0.2, -0.15) is 0 Å². The number of hydrogen-bond donors (Lipinski definition) is 2. The molecule has 0 saturated carbocycles. The summed E-state index contributed by atoms with van der Waals surface area (Å²) in [6, 6.07) is 3.85. The fraction of sp³-hybridized carbons (Fsp3) is 0.300. The lowest BCUT2D eigenvalue weighted by molar-refractivity contribution is -0.122. The topological polar surface area (TPSA) is 92.5 Å². The van der Waals surface area contributed by atoms with Crippen LogP contribution in [0.5, 0.6) is 0 Å². The highest BCUT2D eigenvalue weighted by atomic mass is 32.2. The first-order valence-corrected chi connectivity index (χ1v) is 12.4. The van der Waals surface area contributed by atoms with Gasteiger partial charge in [0.25, 0.3) is 11.8 Å². The molecule has 1 aliphatic heterocycles. The molecular formula is C20H19N3O3S4. The number of rotatable bonds is 6. The molecule has 0 bridgehead atoms. The van der Waals surface area contributed by atoms with Gasteiger partial charge in [0.05, 0.1) is 10.5 Å². The quantitative estimate of drug-likeness (QED) is 0.484. The van der Waals surface area contributed by atoms with E-state index in [1.165, 1.54) is 28.0 Å². The van der Waals surface area contributed by atoms with Crippen LogP contribution in [0.15, 0.2) is 22.4 Å². The Morgan fingerprint density at radius 2 is 2.10 bits per heavy atom. The maximum atomic E-state index is 12.7. The second kappa shape index (κ2) is 9.01. The third-order valence-corrected chi connectivity index (χ3v) is 8.33. The number of aryl methyl sites for hydroxylation is 1. The molecule has 30 heavy (non-hydrogen) atoms. The van der Waals surface area contributed by atoms with E-state index >= 15 is 0 Å². The van der Waals surface area contributed by atoms with Crippen molar-refractivity contribution in [2.75, 3.05) is 11.9 Å². The zero-order valence-corrected chi connectivity index (χ0v) is 19.2. The van der Waals surface area contributed by atoms with Crippen LogP contribution >= 0.6 is 46.7 Å². The van der Waals surface area contributed by atoms with Gasteiger partial charge in [-0.15, -0.1) is 22.7 Å². The number of anilines is 1. The van der Waals surface area contributed by atoms with Gasteiger partial charge in [-0.3, -0.25) is 19.3 Å². The first kappa shape index (κ1) is 21.2. The Hall–Kier alpha value is -2.01. The molecule has 3 heterocycles. The SMILES string of the molecule is NC(=O)c1c(NC(=O)CCN2C(=O)C(=Cc3cccs3)SC2=S)sc2c1CCCC2. The lowest BCUT2D eigenvalue weighted by Crippen LogP contribution is -2.31. The van der Waals surface area contributed by atoms with Crippen molar-refractivity contribution in [2.45, 2.75) is 32.1 Å². The van der Waals surface area contributed by atoms with Crippen molar-refractivity contribution in [2.24, 2.45) is 5.73 Å². The Balaban J connectivity index is 1.41. The summed E-state index contributed by atoms with van der Waals surface area (Å²) in [6.45, 7) is 0.190. The van der Waals surface area contributed by atoms with Gasteiger partial charge in [0.15, 0.2) is 0 Å². The largest absolute Gasteiger partial charge is 0.365 e. The molecule has 1 saturated heterocycles. The zero-order chi connectivity index (χ0) is 21.3. The Bertz CT molecular complexity index is 1060. The van der Waals surface area contributed by atoms with E-state index in [1.807, 2.05) is 23.6 Å². The Labute approximate surface area is 191 Å². The minimum absolute atomic E-state index is 0.0828. The van der Waals surface area contributed by atoms with Gasteiger partial charge < -0.3 is 11.1 Å². The summed E-state index contributed by atoms with van der Waals surface area (Å²) in [5.74, 6) is -0.969. The predicted molar refractivity (Wildman–Crippen MR) is 127 cm³/mol. The number of amides is 3. The van der Waals surface area contributed by atoms with Crippen molar-refractivity contribution >= 4 is 79.8 Å². The Morgan fingerprint density at radius 3 is 2.83 bits per heavy atom. The molecule has 6 nitrogen and oxygen atoms in total. The van der Waals surface area contributed by atoms with Crippen molar-refractivity contribution in [1.82, 2.24) is 4.90 Å². The average Bonchev–Trinajstić information content (AvgIpc) is 3.39. The van der Waals surface area contributed by atoms with E-state index in [-0.39, 0.29) is 24.8 Å². The molecule has 3 amide bonds. The molecule has 2 aromatic rings. The van der Waals surface area contributed by atoms with E-state index in [0.29, 0.717) is 19.8 Å². The van der Waals surface area contributed by atoms with Crippen LogP contribution in [-0.4, -0.2) is 33.5 Å². The van der Waals surface area contributed by atoms with Crippen LogP contribution in [0.3, 0.4) is 0 Å². The van der Waals surface area contributed by atoms with Gasteiger partial charge in [0.2, 0.25) is 5.91 Å². The predicted octanol–water partition coefficient (Wildman–Crippen LogP) is 4.02. The molecule has 2 aromatic heterocycles. The number of nitrogens with two attached hydrogens (primary N) is 1. The number of nitrogens with one attached hydrogen (secondary N) is 1. The number of nitrogens with zero attached hydrogens (tertiary/aromatic N) is 1. The third kappa shape index (κ3) is 4.36. The van der Waals surface area contributed by atoms with Crippen LogP contribution in [0.2, 0.25) is 0 Å². The maximum absolute atomic E-state index is 12.7.